The molecule has 0 amide bonds. The Kier molecular flexibility index (Phi) is 3.41. The fourth-order valence-electron chi connectivity index (χ4n) is 0.892. The smallest absolute Gasteiger partial charge is 0.132 e. The maximum absolute atomic E-state index is 13.0. The van der Waals surface area contributed by atoms with Gasteiger partial charge >= 0.3 is 0 Å². The lowest BCUT2D eigenvalue weighted by Crippen LogP contribution is -1.91. The third-order valence-corrected chi connectivity index (χ3v) is 2.06. The Labute approximate surface area is 78.7 Å². The highest BCUT2D eigenvalue weighted by Crippen LogP contribution is 2.21. The van der Waals surface area contributed by atoms with Crippen molar-refractivity contribution in [1.82, 2.24) is 0 Å². The van der Waals surface area contributed by atoms with Crippen molar-refractivity contribution in [3.05, 3.63) is 34.3 Å². The van der Waals surface area contributed by atoms with Crippen LogP contribution in [0.4, 0.5) is 4.39 Å². The summed E-state index contributed by atoms with van der Waals surface area (Å²) >= 11 is 3.24. The van der Waals surface area contributed by atoms with Gasteiger partial charge in [-0.05, 0) is 17.7 Å². The monoisotopic (exact) mass is 230 g/mol. The highest BCUT2D eigenvalue weighted by molar-refractivity contribution is 9.10. The quantitative estimate of drug-likeness (QED) is 0.730. The minimum absolute atomic E-state index is 0.0678. The van der Waals surface area contributed by atoms with E-state index in [4.69, 9.17) is 0 Å². The first kappa shape index (κ1) is 9.39. The molecule has 1 rings (SSSR count). The predicted octanol–water partition coefficient (Wildman–Crippen LogP) is 3.05. The molecular weight excluding hydrogens is 223 g/mol. The van der Waals surface area contributed by atoms with E-state index < -0.39 is 6.17 Å². The van der Waals surface area contributed by atoms with E-state index in [9.17, 15) is 9.18 Å². The summed E-state index contributed by atoms with van der Waals surface area (Å²) in [4.78, 5) is 10.0. The Balaban J connectivity index is 2.74. The van der Waals surface area contributed by atoms with Crippen molar-refractivity contribution in [2.75, 3.05) is 0 Å². The van der Waals surface area contributed by atoms with Crippen molar-refractivity contribution in [2.24, 2.45) is 0 Å². The molecule has 0 saturated heterocycles. The zero-order chi connectivity index (χ0) is 8.97. The zero-order valence-electron chi connectivity index (χ0n) is 6.34. The highest BCUT2D eigenvalue weighted by atomic mass is 79.9. The standard InChI is InChI=1S/C9H8BrFO/c10-8-3-1-7(2-4-8)9(11)5-6-12/h1-4,6,9H,5H2. The van der Waals surface area contributed by atoms with Crippen LogP contribution in [0, 0.1) is 0 Å². The molecule has 1 aromatic rings. The van der Waals surface area contributed by atoms with E-state index in [2.05, 4.69) is 15.9 Å². The van der Waals surface area contributed by atoms with E-state index in [0.717, 1.165) is 4.47 Å². The van der Waals surface area contributed by atoms with Crippen LogP contribution in [-0.4, -0.2) is 6.29 Å². The van der Waals surface area contributed by atoms with E-state index in [1.165, 1.54) is 0 Å². The molecule has 1 unspecified atom stereocenters. The summed E-state index contributed by atoms with van der Waals surface area (Å²) in [5, 5.41) is 0. The average molecular weight is 231 g/mol. The summed E-state index contributed by atoms with van der Waals surface area (Å²) in [6.07, 6.45) is -0.649. The molecule has 3 heteroatoms. The molecule has 0 aliphatic heterocycles. The number of aldehydes is 1. The maximum Gasteiger partial charge on any atom is 0.132 e. The number of benzene rings is 1. The largest absolute Gasteiger partial charge is 0.303 e. The van der Waals surface area contributed by atoms with Gasteiger partial charge in [-0.15, -0.1) is 0 Å². The van der Waals surface area contributed by atoms with Gasteiger partial charge in [-0.25, -0.2) is 4.39 Å². The van der Waals surface area contributed by atoms with Gasteiger partial charge in [0.05, 0.1) is 0 Å². The van der Waals surface area contributed by atoms with Gasteiger partial charge in [0.25, 0.3) is 0 Å². The minimum Gasteiger partial charge on any atom is -0.303 e. The molecule has 0 heterocycles. The van der Waals surface area contributed by atoms with Crippen LogP contribution in [0.15, 0.2) is 28.7 Å². The van der Waals surface area contributed by atoms with Gasteiger partial charge in [0.2, 0.25) is 0 Å². The number of alkyl halides is 1. The molecule has 0 aromatic heterocycles. The van der Waals surface area contributed by atoms with Crippen molar-refractivity contribution in [3.63, 3.8) is 0 Å². The lowest BCUT2D eigenvalue weighted by atomic mass is 10.1. The Morgan fingerprint density at radius 3 is 2.50 bits per heavy atom. The number of hydrogen-bond donors (Lipinski definition) is 0. The van der Waals surface area contributed by atoms with Gasteiger partial charge < -0.3 is 4.79 Å². The van der Waals surface area contributed by atoms with Crippen LogP contribution in [-0.2, 0) is 4.79 Å². The molecule has 0 bridgehead atoms. The summed E-state index contributed by atoms with van der Waals surface area (Å²) in [7, 11) is 0. The van der Waals surface area contributed by atoms with Crippen molar-refractivity contribution < 1.29 is 9.18 Å². The number of carbonyl (C=O) groups excluding carboxylic acids is 1. The van der Waals surface area contributed by atoms with E-state index in [-0.39, 0.29) is 6.42 Å². The summed E-state index contributed by atoms with van der Waals surface area (Å²) in [5.41, 5.74) is 0.547. The Morgan fingerprint density at radius 2 is 2.00 bits per heavy atom. The van der Waals surface area contributed by atoms with Crippen molar-refractivity contribution in [1.29, 1.82) is 0 Å². The van der Waals surface area contributed by atoms with Gasteiger partial charge in [0.15, 0.2) is 0 Å². The lowest BCUT2D eigenvalue weighted by molar-refractivity contribution is -0.108. The zero-order valence-corrected chi connectivity index (χ0v) is 7.92. The summed E-state index contributed by atoms with van der Waals surface area (Å²) in [5.74, 6) is 0. The first-order chi connectivity index (χ1) is 5.74. The fourth-order valence-corrected chi connectivity index (χ4v) is 1.16. The van der Waals surface area contributed by atoms with E-state index in [1.54, 1.807) is 24.3 Å². The first-order valence-electron chi connectivity index (χ1n) is 3.57. The number of hydrogen-bond acceptors (Lipinski definition) is 1. The van der Waals surface area contributed by atoms with E-state index in [0.29, 0.717) is 11.8 Å². The average Bonchev–Trinajstić information content (AvgIpc) is 2.06. The molecule has 0 aliphatic carbocycles. The molecule has 0 radical (unpaired) electrons. The molecule has 0 N–H and O–H groups in total. The molecule has 0 fully saturated rings. The molecular formula is C9H8BrFO. The van der Waals surface area contributed by atoms with Crippen molar-refractivity contribution in [3.8, 4) is 0 Å². The summed E-state index contributed by atoms with van der Waals surface area (Å²) < 4.78 is 13.9. The number of rotatable bonds is 3. The van der Waals surface area contributed by atoms with Crippen LogP contribution >= 0.6 is 15.9 Å². The van der Waals surface area contributed by atoms with Crippen molar-refractivity contribution in [2.45, 2.75) is 12.6 Å². The van der Waals surface area contributed by atoms with Crippen LogP contribution in [0.3, 0.4) is 0 Å². The first-order valence-corrected chi connectivity index (χ1v) is 4.36. The van der Waals surface area contributed by atoms with Gasteiger partial charge in [0, 0.05) is 10.9 Å². The fraction of sp³-hybridized carbons (Fsp3) is 0.222. The molecule has 0 spiro atoms. The molecule has 0 aliphatic rings. The third-order valence-electron chi connectivity index (χ3n) is 1.53. The maximum atomic E-state index is 13.0. The highest BCUT2D eigenvalue weighted by Gasteiger charge is 2.07. The van der Waals surface area contributed by atoms with Crippen LogP contribution in [0.5, 0.6) is 0 Å². The van der Waals surface area contributed by atoms with E-state index in [1.807, 2.05) is 0 Å². The van der Waals surface area contributed by atoms with Crippen molar-refractivity contribution >= 4 is 22.2 Å². The normalized spacial score (nSPS) is 12.5. The predicted molar refractivity (Wildman–Crippen MR) is 48.7 cm³/mol. The summed E-state index contributed by atoms with van der Waals surface area (Å²) in [6.45, 7) is 0. The molecule has 1 aromatic carbocycles. The molecule has 0 saturated carbocycles. The Morgan fingerprint density at radius 1 is 1.42 bits per heavy atom. The third kappa shape index (κ3) is 2.41. The summed E-state index contributed by atoms with van der Waals surface area (Å²) in [6, 6.07) is 6.84. The molecule has 12 heavy (non-hydrogen) atoms. The lowest BCUT2D eigenvalue weighted by Gasteiger charge is -2.03. The Bertz CT molecular complexity index is 258. The van der Waals surface area contributed by atoms with Gasteiger partial charge in [-0.2, -0.15) is 0 Å². The molecule has 64 valence electrons. The second-order valence-electron chi connectivity index (χ2n) is 2.42. The Hall–Kier alpha value is -0.700. The number of halogens is 2. The number of carbonyl (C=O) groups is 1. The second-order valence-corrected chi connectivity index (χ2v) is 3.34. The van der Waals surface area contributed by atoms with Gasteiger partial charge in [0.1, 0.15) is 12.5 Å². The van der Waals surface area contributed by atoms with Crippen LogP contribution in [0.25, 0.3) is 0 Å². The van der Waals surface area contributed by atoms with Gasteiger partial charge in [-0.1, -0.05) is 28.1 Å². The molecule has 1 atom stereocenters. The van der Waals surface area contributed by atoms with E-state index >= 15 is 0 Å². The van der Waals surface area contributed by atoms with Gasteiger partial charge in [-0.3, -0.25) is 0 Å². The van der Waals surface area contributed by atoms with Crippen LogP contribution in [0.2, 0.25) is 0 Å². The minimum atomic E-state index is -1.17. The van der Waals surface area contributed by atoms with Crippen LogP contribution < -0.4 is 0 Å². The topological polar surface area (TPSA) is 17.1 Å². The second kappa shape index (κ2) is 4.36. The SMILES string of the molecule is O=CCC(F)c1ccc(Br)cc1. The molecule has 1 nitrogen and oxygen atoms in total. The van der Waals surface area contributed by atoms with Crippen LogP contribution in [0.1, 0.15) is 18.2 Å².